The Morgan fingerprint density at radius 1 is 0.892 bits per heavy atom. The highest BCUT2D eigenvalue weighted by Crippen LogP contribution is 2.30. The first-order valence-electron chi connectivity index (χ1n) is 12.3. The molecule has 1 N–H and O–H groups in total. The molecule has 4 aromatic rings. The fraction of sp³-hybridized carbons (Fsp3) is 0.258. The molecule has 0 spiro atoms. The number of Topliss-reactive ketones (excluding diaryl/α,β-unsaturated/α-hetero) is 1. The van der Waals surface area contributed by atoms with Crippen molar-refractivity contribution in [3.05, 3.63) is 95.9 Å². The van der Waals surface area contributed by atoms with Gasteiger partial charge in [0.05, 0.1) is 5.69 Å². The third-order valence-corrected chi connectivity index (χ3v) is 6.14. The predicted octanol–water partition coefficient (Wildman–Crippen LogP) is 7.19. The van der Waals surface area contributed by atoms with Crippen molar-refractivity contribution in [2.75, 3.05) is 0 Å². The first-order valence-corrected chi connectivity index (χ1v) is 12.3. The Hall–Kier alpha value is -4.19. The van der Waals surface area contributed by atoms with Crippen LogP contribution in [0.3, 0.4) is 0 Å². The lowest BCUT2D eigenvalue weighted by molar-refractivity contribution is -0.152. The summed E-state index contributed by atoms with van der Waals surface area (Å²) in [6.45, 7) is 7.05. The zero-order valence-corrected chi connectivity index (χ0v) is 21.5. The van der Waals surface area contributed by atoms with Gasteiger partial charge in [-0.3, -0.25) is 4.79 Å². The maximum Gasteiger partial charge on any atom is 0.347 e. The smallest absolute Gasteiger partial charge is 0.347 e. The van der Waals surface area contributed by atoms with Crippen LogP contribution in [0, 0.1) is 0 Å². The lowest BCUT2D eigenvalue weighted by Crippen LogP contribution is -2.37. The number of carboxylic acids is 1. The van der Waals surface area contributed by atoms with Gasteiger partial charge in [0.1, 0.15) is 11.5 Å². The largest absolute Gasteiger partial charge is 0.478 e. The van der Waals surface area contributed by atoms with Gasteiger partial charge in [-0.2, -0.15) is 0 Å². The zero-order chi connectivity index (χ0) is 26.6. The van der Waals surface area contributed by atoms with Gasteiger partial charge in [-0.05, 0) is 61.4 Å². The number of aliphatic carboxylic acids is 1. The highest BCUT2D eigenvalue weighted by Gasteiger charge is 2.29. The molecule has 0 fully saturated rings. The Morgan fingerprint density at radius 3 is 2.08 bits per heavy atom. The van der Waals surface area contributed by atoms with Crippen molar-refractivity contribution in [2.45, 2.75) is 52.1 Å². The summed E-state index contributed by atoms with van der Waals surface area (Å²) in [5.74, 6) is 0.764. The van der Waals surface area contributed by atoms with Crippen LogP contribution in [0.2, 0.25) is 0 Å². The number of ketones is 1. The van der Waals surface area contributed by atoms with Crippen LogP contribution >= 0.6 is 0 Å². The van der Waals surface area contributed by atoms with E-state index in [0.29, 0.717) is 23.6 Å². The third kappa shape index (κ3) is 6.15. The Morgan fingerprint density at radius 2 is 1.49 bits per heavy atom. The van der Waals surface area contributed by atoms with Gasteiger partial charge < -0.3 is 14.3 Å². The number of aryl methyl sites for hydroxylation is 1. The third-order valence-electron chi connectivity index (χ3n) is 6.14. The van der Waals surface area contributed by atoms with Crippen LogP contribution in [0.1, 0.15) is 61.8 Å². The van der Waals surface area contributed by atoms with E-state index in [1.165, 1.54) is 13.8 Å². The van der Waals surface area contributed by atoms with Crippen molar-refractivity contribution in [1.82, 2.24) is 4.98 Å². The minimum absolute atomic E-state index is 0.0319. The molecular formula is C31H31NO5. The Balaban J connectivity index is 1.45. The predicted molar refractivity (Wildman–Crippen MR) is 143 cm³/mol. The Labute approximate surface area is 216 Å². The average molecular weight is 498 g/mol. The number of carbonyl (C=O) groups excluding carboxylic acids is 1. The lowest BCUT2D eigenvalue weighted by atomic mass is 10.0. The van der Waals surface area contributed by atoms with Gasteiger partial charge in [-0.15, -0.1) is 0 Å². The monoisotopic (exact) mass is 497 g/mol. The van der Waals surface area contributed by atoms with E-state index in [1.807, 2.05) is 44.2 Å². The molecule has 0 aliphatic carbocycles. The van der Waals surface area contributed by atoms with Crippen molar-refractivity contribution >= 4 is 11.8 Å². The second-order valence-electron chi connectivity index (χ2n) is 9.79. The van der Waals surface area contributed by atoms with Crippen molar-refractivity contribution in [1.29, 1.82) is 0 Å². The fourth-order valence-electron chi connectivity index (χ4n) is 3.98. The van der Waals surface area contributed by atoms with Gasteiger partial charge in [0, 0.05) is 29.9 Å². The number of hydrogen-bond acceptors (Lipinski definition) is 5. The number of oxazole rings is 1. The number of nitrogens with zero attached hydrogens (tertiary/aromatic N) is 1. The topological polar surface area (TPSA) is 89.6 Å². The molecule has 6 nitrogen and oxygen atoms in total. The molecule has 0 radical (unpaired) electrons. The van der Waals surface area contributed by atoms with Gasteiger partial charge in [0.2, 0.25) is 5.89 Å². The highest BCUT2D eigenvalue weighted by molar-refractivity contribution is 5.96. The SMILES string of the molecule is CC(C)c1oc(-c2ccc(-c3ccccc3)cc2)nc1CCC(=O)c1ccc(OC(C)(C)C(=O)O)cc1. The van der Waals surface area contributed by atoms with Crippen molar-refractivity contribution in [2.24, 2.45) is 0 Å². The lowest BCUT2D eigenvalue weighted by Gasteiger charge is -2.21. The summed E-state index contributed by atoms with van der Waals surface area (Å²) in [6.07, 6.45) is 0.738. The van der Waals surface area contributed by atoms with E-state index in [0.717, 1.165) is 28.1 Å². The molecule has 37 heavy (non-hydrogen) atoms. The summed E-state index contributed by atoms with van der Waals surface area (Å²) >= 11 is 0. The second-order valence-corrected chi connectivity index (χ2v) is 9.79. The van der Waals surface area contributed by atoms with E-state index < -0.39 is 11.6 Å². The van der Waals surface area contributed by atoms with Gasteiger partial charge in [-0.25, -0.2) is 9.78 Å². The average Bonchev–Trinajstić information content (AvgIpc) is 3.33. The maximum atomic E-state index is 12.9. The molecule has 3 aromatic carbocycles. The van der Waals surface area contributed by atoms with Crippen LogP contribution in [-0.2, 0) is 11.2 Å². The molecule has 1 aromatic heterocycles. The summed E-state index contributed by atoms with van der Waals surface area (Å²) in [5.41, 5.74) is 3.12. The Kier molecular flexibility index (Phi) is 7.58. The molecule has 190 valence electrons. The molecular weight excluding hydrogens is 466 g/mol. The minimum atomic E-state index is -1.36. The number of rotatable bonds is 10. The van der Waals surface area contributed by atoms with E-state index in [2.05, 4.69) is 24.3 Å². The summed E-state index contributed by atoms with van der Waals surface area (Å²) in [5, 5.41) is 9.23. The molecule has 1 heterocycles. The van der Waals surface area contributed by atoms with Crippen LogP contribution in [0.15, 0.2) is 83.3 Å². The summed E-state index contributed by atoms with van der Waals surface area (Å²) in [6, 6.07) is 24.8. The van der Waals surface area contributed by atoms with E-state index in [9.17, 15) is 14.7 Å². The molecule has 0 unspecified atom stereocenters. The normalized spacial score (nSPS) is 11.5. The van der Waals surface area contributed by atoms with Crippen LogP contribution in [0.4, 0.5) is 0 Å². The van der Waals surface area contributed by atoms with Crippen molar-refractivity contribution in [3.8, 4) is 28.3 Å². The molecule has 0 saturated carbocycles. The number of hydrogen-bond donors (Lipinski definition) is 1. The number of benzene rings is 3. The van der Waals surface area contributed by atoms with E-state index in [4.69, 9.17) is 14.1 Å². The molecule has 4 rings (SSSR count). The molecule has 0 aliphatic heterocycles. The van der Waals surface area contributed by atoms with Gasteiger partial charge in [-0.1, -0.05) is 56.3 Å². The summed E-state index contributed by atoms with van der Waals surface area (Å²) in [7, 11) is 0. The number of carboxylic acid groups (broad SMARTS) is 1. The zero-order valence-electron chi connectivity index (χ0n) is 21.5. The van der Waals surface area contributed by atoms with E-state index >= 15 is 0 Å². The van der Waals surface area contributed by atoms with Gasteiger partial charge in [0.25, 0.3) is 0 Å². The molecule has 0 bridgehead atoms. The second kappa shape index (κ2) is 10.8. The van der Waals surface area contributed by atoms with Crippen molar-refractivity contribution in [3.63, 3.8) is 0 Å². The van der Waals surface area contributed by atoms with E-state index in [-0.39, 0.29) is 18.1 Å². The number of carbonyl (C=O) groups is 2. The first-order chi connectivity index (χ1) is 17.6. The molecule has 0 saturated heterocycles. The molecule has 0 aliphatic rings. The molecule has 0 amide bonds. The van der Waals surface area contributed by atoms with Crippen LogP contribution in [-0.4, -0.2) is 27.4 Å². The standard InChI is InChI=1S/C31H31NO5/c1-20(2)28-26(18-19-27(33)23-14-16-25(17-15-23)37-31(3,4)30(34)35)32-29(36-28)24-12-10-22(11-13-24)21-8-6-5-7-9-21/h5-17,20H,18-19H2,1-4H3,(H,34,35). The van der Waals surface area contributed by atoms with Crippen molar-refractivity contribution < 1.29 is 23.8 Å². The number of ether oxygens (including phenoxy) is 1. The minimum Gasteiger partial charge on any atom is -0.478 e. The van der Waals surface area contributed by atoms with Gasteiger partial charge >= 0.3 is 5.97 Å². The molecule has 0 atom stereocenters. The summed E-state index contributed by atoms with van der Waals surface area (Å²) < 4.78 is 11.7. The maximum absolute atomic E-state index is 12.9. The quantitative estimate of drug-likeness (QED) is 0.233. The molecule has 6 heteroatoms. The number of aromatic nitrogens is 1. The Bertz CT molecular complexity index is 1370. The highest BCUT2D eigenvalue weighted by atomic mass is 16.5. The summed E-state index contributed by atoms with van der Waals surface area (Å²) in [4.78, 5) is 28.9. The van der Waals surface area contributed by atoms with Crippen LogP contribution in [0.25, 0.3) is 22.6 Å². The fourth-order valence-corrected chi connectivity index (χ4v) is 3.98. The van der Waals surface area contributed by atoms with Crippen LogP contribution in [0.5, 0.6) is 5.75 Å². The van der Waals surface area contributed by atoms with Gasteiger partial charge in [0.15, 0.2) is 11.4 Å². The first kappa shape index (κ1) is 25.9. The van der Waals surface area contributed by atoms with E-state index in [1.54, 1.807) is 24.3 Å². The van der Waals surface area contributed by atoms with Crippen LogP contribution < -0.4 is 4.74 Å².